The van der Waals surface area contributed by atoms with Crippen LogP contribution in [-0.2, 0) is 9.53 Å². The van der Waals surface area contributed by atoms with Gasteiger partial charge in [-0.05, 0) is 48.0 Å². The summed E-state index contributed by atoms with van der Waals surface area (Å²) in [4.78, 5) is 57.2. The molecule has 4 rings (SSSR count). The number of rotatable bonds is 8. The molecule has 0 radical (unpaired) electrons. The summed E-state index contributed by atoms with van der Waals surface area (Å²) in [5, 5.41) is 18.1. The van der Waals surface area contributed by atoms with E-state index in [1.165, 1.54) is 19.4 Å². The van der Waals surface area contributed by atoms with Crippen molar-refractivity contribution in [2.45, 2.75) is 12.5 Å². The lowest BCUT2D eigenvalue weighted by Gasteiger charge is -2.36. The molecule has 1 aromatic heterocycles. The van der Waals surface area contributed by atoms with Gasteiger partial charge in [0, 0.05) is 54.8 Å². The first-order chi connectivity index (χ1) is 19.7. The number of hydrogen-bond acceptors (Lipinski definition) is 7. The average Bonchev–Trinajstić information content (AvgIpc) is 2.96. The van der Waals surface area contributed by atoms with Crippen molar-refractivity contribution in [1.82, 2.24) is 15.2 Å². The van der Waals surface area contributed by atoms with E-state index in [1.807, 2.05) is 4.90 Å². The summed E-state index contributed by atoms with van der Waals surface area (Å²) < 4.78 is 4.81. The molecule has 3 aromatic rings. The van der Waals surface area contributed by atoms with Gasteiger partial charge in [0.25, 0.3) is 5.91 Å². The Morgan fingerprint density at radius 2 is 1.80 bits per heavy atom. The fourth-order valence-corrected chi connectivity index (χ4v) is 4.60. The summed E-state index contributed by atoms with van der Waals surface area (Å²) in [6.07, 6.45) is 2.30. The van der Waals surface area contributed by atoms with Crippen LogP contribution in [0, 0.1) is 0 Å². The normalized spacial score (nSPS) is 13.6. The lowest BCUT2D eigenvalue weighted by Crippen LogP contribution is -2.49. The first-order valence-electron chi connectivity index (χ1n) is 12.7. The molecule has 2 aromatic carbocycles. The number of nitrogens with zero attached hydrogens (tertiary/aromatic N) is 3. The maximum atomic E-state index is 13.3. The molecule has 1 fully saturated rings. The first-order valence-corrected chi connectivity index (χ1v) is 13.1. The first kappa shape index (κ1) is 29.2. The molecular weight excluding hydrogens is 552 g/mol. The van der Waals surface area contributed by atoms with Crippen molar-refractivity contribution in [1.29, 1.82) is 0 Å². The van der Waals surface area contributed by atoms with Crippen molar-refractivity contribution in [2.75, 3.05) is 48.8 Å². The van der Waals surface area contributed by atoms with Gasteiger partial charge in [-0.1, -0.05) is 23.7 Å². The summed E-state index contributed by atoms with van der Waals surface area (Å²) in [5.74, 6) is -1.61. The summed E-state index contributed by atoms with van der Waals surface area (Å²) in [5.41, 5.74) is 2.22. The van der Waals surface area contributed by atoms with Crippen LogP contribution in [0.5, 0.6) is 0 Å². The summed E-state index contributed by atoms with van der Waals surface area (Å²) >= 11 is 6.03. The smallest absolute Gasteiger partial charge is 0.409 e. The average molecular weight is 581 g/mol. The van der Waals surface area contributed by atoms with Crippen LogP contribution in [0.1, 0.15) is 28.4 Å². The van der Waals surface area contributed by atoms with Crippen LogP contribution in [-0.4, -0.2) is 72.3 Å². The molecule has 1 unspecified atom stereocenters. The van der Waals surface area contributed by atoms with Gasteiger partial charge in [0.15, 0.2) is 0 Å². The van der Waals surface area contributed by atoms with Gasteiger partial charge >= 0.3 is 18.1 Å². The third-order valence-corrected chi connectivity index (χ3v) is 6.65. The van der Waals surface area contributed by atoms with Crippen molar-refractivity contribution >= 4 is 52.7 Å². The quantitative estimate of drug-likeness (QED) is 0.309. The number of methoxy groups -OCH3 is 1. The molecule has 41 heavy (non-hydrogen) atoms. The Balaban J connectivity index is 1.58. The molecule has 1 aliphatic rings. The lowest BCUT2D eigenvalue weighted by molar-refractivity contribution is -0.137. The Bertz CT molecular complexity index is 1410. The van der Waals surface area contributed by atoms with E-state index in [2.05, 4.69) is 20.9 Å². The fraction of sp³-hybridized carbons (Fsp3) is 0.250. The zero-order valence-electron chi connectivity index (χ0n) is 22.2. The molecule has 0 bridgehead atoms. The monoisotopic (exact) mass is 580 g/mol. The van der Waals surface area contributed by atoms with Crippen molar-refractivity contribution in [3.63, 3.8) is 0 Å². The third kappa shape index (κ3) is 7.85. The zero-order chi connectivity index (χ0) is 29.4. The molecule has 13 heteroatoms. The highest BCUT2D eigenvalue weighted by Gasteiger charge is 2.25. The van der Waals surface area contributed by atoms with E-state index in [-0.39, 0.29) is 12.0 Å². The highest BCUT2D eigenvalue weighted by Crippen LogP contribution is 2.29. The SMILES string of the molecule is COC(=O)N1CCN(c2ccc(C(=O)NC(CC(=O)O)c3cccnc3)cc2NC(=O)Nc2cccc(Cl)c2)CC1. The van der Waals surface area contributed by atoms with Gasteiger partial charge in [0.2, 0.25) is 0 Å². The van der Waals surface area contributed by atoms with E-state index in [0.29, 0.717) is 53.8 Å². The number of hydrogen-bond donors (Lipinski definition) is 4. The molecule has 4 amide bonds. The minimum Gasteiger partial charge on any atom is -0.481 e. The second-order valence-electron chi connectivity index (χ2n) is 9.18. The van der Waals surface area contributed by atoms with Gasteiger partial charge in [0.1, 0.15) is 0 Å². The van der Waals surface area contributed by atoms with Gasteiger partial charge < -0.3 is 35.6 Å². The number of anilines is 3. The van der Waals surface area contributed by atoms with Crippen molar-refractivity contribution in [3.05, 3.63) is 83.1 Å². The number of halogens is 1. The number of aromatic nitrogens is 1. The predicted octanol–water partition coefficient (Wildman–Crippen LogP) is 4.21. The number of aliphatic carboxylic acids is 1. The van der Waals surface area contributed by atoms with Crippen LogP contribution in [0.2, 0.25) is 5.02 Å². The molecule has 2 heterocycles. The Kier molecular flexibility index (Phi) is 9.59. The standard InChI is InChI=1S/C28H29ClN6O6/c1-41-28(40)35-12-10-34(11-13-35)24-8-7-18(14-23(24)33-27(39)31-21-6-2-5-20(29)15-21)26(38)32-22(16-25(36)37)19-4-3-9-30-17-19/h2-9,14-15,17,22H,10-13,16H2,1H3,(H,32,38)(H,36,37)(H2,31,33,39). The molecular formula is C28H29ClN6O6. The number of nitrogens with one attached hydrogen (secondary N) is 3. The fourth-order valence-electron chi connectivity index (χ4n) is 4.41. The maximum absolute atomic E-state index is 13.3. The van der Waals surface area contributed by atoms with E-state index in [4.69, 9.17) is 16.3 Å². The van der Waals surface area contributed by atoms with Crippen molar-refractivity contribution in [2.24, 2.45) is 0 Å². The number of benzene rings is 2. The highest BCUT2D eigenvalue weighted by molar-refractivity contribution is 6.30. The topological polar surface area (TPSA) is 153 Å². The zero-order valence-corrected chi connectivity index (χ0v) is 22.9. The number of carbonyl (C=O) groups is 4. The Hall–Kier alpha value is -4.84. The number of piperazine rings is 1. The van der Waals surface area contributed by atoms with Crippen LogP contribution < -0.4 is 20.9 Å². The number of carboxylic acid groups (broad SMARTS) is 1. The molecule has 1 saturated heterocycles. The molecule has 4 N–H and O–H groups in total. The Morgan fingerprint density at radius 3 is 2.46 bits per heavy atom. The maximum Gasteiger partial charge on any atom is 0.409 e. The number of carbonyl (C=O) groups excluding carboxylic acids is 3. The van der Waals surface area contributed by atoms with Crippen LogP contribution in [0.15, 0.2) is 67.0 Å². The number of carboxylic acids is 1. The molecule has 0 aliphatic carbocycles. The molecule has 1 atom stereocenters. The van der Waals surface area contributed by atoms with Crippen LogP contribution in [0.25, 0.3) is 0 Å². The second kappa shape index (κ2) is 13.5. The molecule has 1 aliphatic heterocycles. The van der Waals surface area contributed by atoms with Gasteiger partial charge in [0.05, 0.1) is 30.9 Å². The van der Waals surface area contributed by atoms with Gasteiger partial charge in [-0.25, -0.2) is 9.59 Å². The Labute approximate surface area is 241 Å². The van der Waals surface area contributed by atoms with Gasteiger partial charge in [-0.3, -0.25) is 14.6 Å². The number of amides is 4. The van der Waals surface area contributed by atoms with Crippen LogP contribution in [0.3, 0.4) is 0 Å². The van der Waals surface area contributed by atoms with E-state index in [9.17, 15) is 24.3 Å². The minimum absolute atomic E-state index is 0.208. The van der Waals surface area contributed by atoms with Gasteiger partial charge in [-0.2, -0.15) is 0 Å². The second-order valence-corrected chi connectivity index (χ2v) is 9.61. The molecule has 0 spiro atoms. The molecule has 214 valence electrons. The summed E-state index contributed by atoms with van der Waals surface area (Å²) in [7, 11) is 1.33. The van der Waals surface area contributed by atoms with Gasteiger partial charge in [-0.15, -0.1) is 0 Å². The van der Waals surface area contributed by atoms with Crippen molar-refractivity contribution < 1.29 is 29.0 Å². The highest BCUT2D eigenvalue weighted by atomic mass is 35.5. The number of ether oxygens (including phenoxy) is 1. The largest absolute Gasteiger partial charge is 0.481 e. The lowest BCUT2D eigenvalue weighted by atomic mass is 10.0. The Morgan fingerprint density at radius 1 is 1.02 bits per heavy atom. The number of urea groups is 1. The number of pyridine rings is 1. The van der Waals surface area contributed by atoms with Crippen LogP contribution in [0.4, 0.5) is 26.7 Å². The minimum atomic E-state index is -1.08. The van der Waals surface area contributed by atoms with E-state index >= 15 is 0 Å². The van der Waals surface area contributed by atoms with E-state index in [0.717, 1.165) is 0 Å². The predicted molar refractivity (Wildman–Crippen MR) is 153 cm³/mol. The van der Waals surface area contributed by atoms with E-state index in [1.54, 1.807) is 59.6 Å². The van der Waals surface area contributed by atoms with Crippen LogP contribution >= 0.6 is 11.6 Å². The van der Waals surface area contributed by atoms with Crippen molar-refractivity contribution in [3.8, 4) is 0 Å². The molecule has 0 saturated carbocycles. The summed E-state index contributed by atoms with van der Waals surface area (Å²) in [6, 6.07) is 13.5. The van der Waals surface area contributed by atoms with E-state index < -0.39 is 30.0 Å². The molecule has 12 nitrogen and oxygen atoms in total. The summed E-state index contributed by atoms with van der Waals surface area (Å²) in [6.45, 7) is 1.75. The third-order valence-electron chi connectivity index (χ3n) is 6.41.